The number of pyridine rings is 1. The Morgan fingerprint density at radius 3 is 2.79 bits per heavy atom. The van der Waals surface area contributed by atoms with Gasteiger partial charge in [-0.2, -0.15) is 5.10 Å². The quantitative estimate of drug-likeness (QED) is 0.792. The van der Waals surface area contributed by atoms with E-state index in [2.05, 4.69) is 15.4 Å². The van der Waals surface area contributed by atoms with Crippen LogP contribution in [0.2, 0.25) is 0 Å². The van der Waals surface area contributed by atoms with Gasteiger partial charge < -0.3 is 5.32 Å². The third-order valence-corrected chi connectivity index (χ3v) is 1.95. The number of aryl methyl sites for hydroxylation is 1. The summed E-state index contributed by atoms with van der Waals surface area (Å²) >= 11 is 0. The number of anilines is 1. The smallest absolute Gasteiger partial charge is 0.0729 e. The summed E-state index contributed by atoms with van der Waals surface area (Å²) < 4.78 is 1.77. The van der Waals surface area contributed by atoms with Gasteiger partial charge in [0.2, 0.25) is 0 Å². The van der Waals surface area contributed by atoms with Gasteiger partial charge in [-0.15, -0.1) is 0 Å². The van der Waals surface area contributed by atoms with Gasteiger partial charge in [0.1, 0.15) is 0 Å². The van der Waals surface area contributed by atoms with E-state index in [4.69, 9.17) is 0 Å². The zero-order valence-electron chi connectivity index (χ0n) is 8.01. The summed E-state index contributed by atoms with van der Waals surface area (Å²) in [6, 6.07) is 3.98. The molecule has 4 heteroatoms. The number of aromatic nitrogens is 3. The van der Waals surface area contributed by atoms with Crippen molar-refractivity contribution in [3.05, 3.63) is 42.5 Å². The van der Waals surface area contributed by atoms with Crippen LogP contribution >= 0.6 is 0 Å². The van der Waals surface area contributed by atoms with E-state index in [9.17, 15) is 0 Å². The van der Waals surface area contributed by atoms with Crippen LogP contribution in [-0.2, 0) is 13.6 Å². The number of rotatable bonds is 3. The minimum atomic E-state index is 0.800. The van der Waals surface area contributed by atoms with E-state index >= 15 is 0 Å². The average Bonchev–Trinajstić information content (AvgIpc) is 2.63. The number of nitrogens with zero attached hydrogens (tertiary/aromatic N) is 3. The molecule has 0 unspecified atom stereocenters. The van der Waals surface area contributed by atoms with Crippen molar-refractivity contribution in [2.45, 2.75) is 6.54 Å². The molecule has 0 aromatic carbocycles. The van der Waals surface area contributed by atoms with Crippen molar-refractivity contribution >= 4 is 5.69 Å². The predicted molar refractivity (Wildman–Crippen MR) is 54.8 cm³/mol. The molecule has 0 aliphatic rings. The van der Waals surface area contributed by atoms with Crippen LogP contribution in [0.5, 0.6) is 0 Å². The third-order valence-electron chi connectivity index (χ3n) is 1.95. The molecule has 0 aliphatic heterocycles. The van der Waals surface area contributed by atoms with Crippen molar-refractivity contribution in [1.29, 1.82) is 0 Å². The average molecular weight is 188 g/mol. The number of hydrogen-bond donors (Lipinski definition) is 1. The van der Waals surface area contributed by atoms with E-state index in [1.807, 2.05) is 25.4 Å². The summed E-state index contributed by atoms with van der Waals surface area (Å²) in [5.41, 5.74) is 2.24. The first kappa shape index (κ1) is 8.74. The van der Waals surface area contributed by atoms with Gasteiger partial charge in [-0.05, 0) is 17.7 Å². The maximum atomic E-state index is 4.07. The van der Waals surface area contributed by atoms with E-state index in [0.717, 1.165) is 12.2 Å². The zero-order valence-corrected chi connectivity index (χ0v) is 8.01. The van der Waals surface area contributed by atoms with E-state index in [0.29, 0.717) is 0 Å². The van der Waals surface area contributed by atoms with Crippen LogP contribution in [0, 0.1) is 0 Å². The van der Waals surface area contributed by atoms with Crippen LogP contribution in [0.1, 0.15) is 5.56 Å². The molecule has 4 nitrogen and oxygen atoms in total. The first-order valence-electron chi connectivity index (χ1n) is 4.46. The fourth-order valence-corrected chi connectivity index (χ4v) is 1.22. The van der Waals surface area contributed by atoms with Crippen molar-refractivity contribution < 1.29 is 0 Å². The molecule has 2 rings (SSSR count). The molecule has 2 aromatic rings. The fraction of sp³-hybridized carbons (Fsp3) is 0.200. The molecule has 72 valence electrons. The molecule has 0 amide bonds. The Morgan fingerprint density at radius 1 is 1.36 bits per heavy atom. The summed E-state index contributed by atoms with van der Waals surface area (Å²) in [6.45, 7) is 0.800. The Bertz CT molecular complexity index is 394. The molecular weight excluding hydrogens is 176 g/mol. The highest BCUT2D eigenvalue weighted by Crippen LogP contribution is 2.06. The minimum absolute atomic E-state index is 0.800. The summed E-state index contributed by atoms with van der Waals surface area (Å²) in [5.74, 6) is 0. The topological polar surface area (TPSA) is 42.7 Å². The SMILES string of the molecule is Cn1cc(NCc2ccncc2)cn1. The van der Waals surface area contributed by atoms with Gasteiger partial charge in [0, 0.05) is 32.2 Å². The van der Waals surface area contributed by atoms with Crippen molar-refractivity contribution in [2.24, 2.45) is 7.05 Å². The molecule has 14 heavy (non-hydrogen) atoms. The van der Waals surface area contributed by atoms with Gasteiger partial charge in [-0.1, -0.05) is 0 Å². The summed E-state index contributed by atoms with van der Waals surface area (Å²) in [7, 11) is 1.90. The van der Waals surface area contributed by atoms with E-state index in [1.54, 1.807) is 23.3 Å². The molecule has 0 bridgehead atoms. The molecule has 0 saturated heterocycles. The van der Waals surface area contributed by atoms with Gasteiger partial charge in [-0.25, -0.2) is 0 Å². The number of nitrogens with one attached hydrogen (secondary N) is 1. The summed E-state index contributed by atoms with van der Waals surface area (Å²) in [6.07, 6.45) is 7.34. The zero-order chi connectivity index (χ0) is 9.80. The van der Waals surface area contributed by atoms with Crippen molar-refractivity contribution in [3.63, 3.8) is 0 Å². The molecule has 2 aromatic heterocycles. The maximum Gasteiger partial charge on any atom is 0.0729 e. The molecule has 0 fully saturated rings. The normalized spacial score (nSPS) is 10.1. The summed E-state index contributed by atoms with van der Waals surface area (Å²) in [4.78, 5) is 3.96. The van der Waals surface area contributed by atoms with Crippen LogP contribution in [0.4, 0.5) is 5.69 Å². The largest absolute Gasteiger partial charge is 0.378 e. The molecule has 1 N–H and O–H groups in total. The Labute approximate surface area is 82.6 Å². The van der Waals surface area contributed by atoms with Crippen molar-refractivity contribution in [1.82, 2.24) is 14.8 Å². The Balaban J connectivity index is 1.95. The monoisotopic (exact) mass is 188 g/mol. The first-order valence-corrected chi connectivity index (χ1v) is 4.46. The van der Waals surface area contributed by atoms with Crippen LogP contribution in [-0.4, -0.2) is 14.8 Å². The van der Waals surface area contributed by atoms with Crippen LogP contribution < -0.4 is 5.32 Å². The molecule has 2 heterocycles. The standard InChI is InChI=1S/C10H12N4/c1-14-8-10(7-13-14)12-6-9-2-4-11-5-3-9/h2-5,7-8,12H,6H2,1H3. The maximum absolute atomic E-state index is 4.07. The van der Waals surface area contributed by atoms with Crippen molar-refractivity contribution in [2.75, 3.05) is 5.32 Å². The number of hydrogen-bond acceptors (Lipinski definition) is 3. The van der Waals surface area contributed by atoms with Gasteiger partial charge in [-0.3, -0.25) is 9.67 Å². The summed E-state index contributed by atoms with van der Waals surface area (Å²) in [5, 5.41) is 7.34. The lowest BCUT2D eigenvalue weighted by Gasteiger charge is -2.02. The second kappa shape index (κ2) is 3.91. The van der Waals surface area contributed by atoms with Gasteiger partial charge in [0.25, 0.3) is 0 Å². The second-order valence-corrected chi connectivity index (χ2v) is 3.11. The lowest BCUT2D eigenvalue weighted by Crippen LogP contribution is -1.98. The van der Waals surface area contributed by atoms with Gasteiger partial charge in [0.05, 0.1) is 11.9 Å². The second-order valence-electron chi connectivity index (χ2n) is 3.11. The van der Waals surface area contributed by atoms with Crippen LogP contribution in [0.25, 0.3) is 0 Å². The Hall–Kier alpha value is -1.84. The first-order chi connectivity index (χ1) is 6.84. The molecule has 0 radical (unpaired) electrons. The van der Waals surface area contributed by atoms with E-state index in [-0.39, 0.29) is 0 Å². The molecule has 0 atom stereocenters. The molecular formula is C10H12N4. The van der Waals surface area contributed by atoms with Crippen molar-refractivity contribution in [3.8, 4) is 0 Å². The molecule has 0 spiro atoms. The van der Waals surface area contributed by atoms with Gasteiger partial charge >= 0.3 is 0 Å². The van der Waals surface area contributed by atoms with Crippen LogP contribution in [0.15, 0.2) is 36.9 Å². The van der Waals surface area contributed by atoms with E-state index in [1.165, 1.54) is 5.56 Å². The highest BCUT2D eigenvalue weighted by Gasteiger charge is 1.94. The lowest BCUT2D eigenvalue weighted by molar-refractivity contribution is 0.768. The highest BCUT2D eigenvalue weighted by molar-refractivity contribution is 5.38. The van der Waals surface area contributed by atoms with E-state index < -0.39 is 0 Å². The van der Waals surface area contributed by atoms with Gasteiger partial charge in [0.15, 0.2) is 0 Å². The molecule has 0 saturated carbocycles. The lowest BCUT2D eigenvalue weighted by atomic mass is 10.3. The molecule has 0 aliphatic carbocycles. The van der Waals surface area contributed by atoms with Crippen LogP contribution in [0.3, 0.4) is 0 Å². The predicted octanol–water partition coefficient (Wildman–Crippen LogP) is 1.43. The highest BCUT2D eigenvalue weighted by atomic mass is 15.3. The Morgan fingerprint density at radius 2 is 2.14 bits per heavy atom. The minimum Gasteiger partial charge on any atom is -0.378 e. The third kappa shape index (κ3) is 2.10. The fourth-order valence-electron chi connectivity index (χ4n) is 1.22. The Kier molecular flexibility index (Phi) is 2.44.